The standard InChI is InChI=1S/C8H13O/c1-7-5-3-2-4-6-8(7)9/h7H,1-6H2. The van der Waals surface area contributed by atoms with Gasteiger partial charge in [-0.15, -0.1) is 0 Å². The molecule has 1 heteroatoms. The van der Waals surface area contributed by atoms with Gasteiger partial charge in [0.1, 0.15) is 5.78 Å². The Balaban J connectivity index is 2.41. The first kappa shape index (κ1) is 6.79. The lowest BCUT2D eigenvalue weighted by Crippen LogP contribution is -2.07. The fourth-order valence-electron chi connectivity index (χ4n) is 1.23. The van der Waals surface area contributed by atoms with Crippen LogP contribution in [-0.4, -0.2) is 5.78 Å². The molecule has 1 rings (SSSR count). The number of rotatable bonds is 0. The average molecular weight is 125 g/mol. The van der Waals surface area contributed by atoms with Gasteiger partial charge in [-0.3, -0.25) is 4.79 Å². The Bertz CT molecular complexity index is 107. The Labute approximate surface area is 56.4 Å². The van der Waals surface area contributed by atoms with E-state index in [1.807, 2.05) is 0 Å². The maximum atomic E-state index is 11.0. The number of hydrogen-bond donors (Lipinski definition) is 0. The Morgan fingerprint density at radius 2 is 2.11 bits per heavy atom. The van der Waals surface area contributed by atoms with Gasteiger partial charge in [-0.05, 0) is 19.8 Å². The van der Waals surface area contributed by atoms with Crippen LogP contribution in [0, 0.1) is 12.8 Å². The number of hydrogen-bond acceptors (Lipinski definition) is 1. The van der Waals surface area contributed by atoms with Crippen LogP contribution in [0.3, 0.4) is 0 Å². The first-order valence-electron chi connectivity index (χ1n) is 3.66. The lowest BCUT2D eigenvalue weighted by atomic mass is 10.0. The SMILES string of the molecule is [CH2]C1CCCCCC1=O. The second kappa shape index (κ2) is 3.00. The highest BCUT2D eigenvalue weighted by Gasteiger charge is 2.14. The van der Waals surface area contributed by atoms with E-state index in [4.69, 9.17) is 0 Å². The quantitative estimate of drug-likeness (QED) is 0.452. The molecule has 0 aromatic rings. The van der Waals surface area contributed by atoms with E-state index in [-0.39, 0.29) is 5.92 Å². The van der Waals surface area contributed by atoms with Gasteiger partial charge in [0, 0.05) is 12.3 Å². The Morgan fingerprint density at radius 1 is 1.33 bits per heavy atom. The van der Waals surface area contributed by atoms with Crippen molar-refractivity contribution < 1.29 is 4.79 Å². The van der Waals surface area contributed by atoms with E-state index in [1.165, 1.54) is 12.8 Å². The number of Topliss-reactive ketones (excluding diaryl/α,β-unsaturated/α-hetero) is 1. The smallest absolute Gasteiger partial charge is 0.135 e. The van der Waals surface area contributed by atoms with E-state index in [9.17, 15) is 4.79 Å². The van der Waals surface area contributed by atoms with Crippen molar-refractivity contribution >= 4 is 5.78 Å². The van der Waals surface area contributed by atoms with Gasteiger partial charge in [-0.2, -0.15) is 0 Å². The average Bonchev–Trinajstić information content (AvgIpc) is 1.99. The molecular weight excluding hydrogens is 112 g/mol. The van der Waals surface area contributed by atoms with Gasteiger partial charge >= 0.3 is 0 Å². The summed E-state index contributed by atoms with van der Waals surface area (Å²) in [6.07, 6.45) is 5.29. The highest BCUT2D eigenvalue weighted by atomic mass is 16.1. The summed E-state index contributed by atoms with van der Waals surface area (Å²) in [5.41, 5.74) is 0. The molecule has 51 valence electrons. The maximum Gasteiger partial charge on any atom is 0.135 e. The van der Waals surface area contributed by atoms with Crippen LogP contribution in [0.15, 0.2) is 0 Å². The van der Waals surface area contributed by atoms with E-state index in [0.29, 0.717) is 5.78 Å². The van der Waals surface area contributed by atoms with Crippen LogP contribution in [0.1, 0.15) is 32.1 Å². The third-order valence-corrected chi connectivity index (χ3v) is 1.93. The second-order valence-electron chi connectivity index (χ2n) is 2.76. The van der Waals surface area contributed by atoms with Gasteiger partial charge in [0.05, 0.1) is 0 Å². The van der Waals surface area contributed by atoms with Crippen molar-refractivity contribution in [1.29, 1.82) is 0 Å². The summed E-state index contributed by atoms with van der Waals surface area (Å²) in [7, 11) is 0. The Hall–Kier alpha value is -0.330. The van der Waals surface area contributed by atoms with Crippen molar-refractivity contribution in [2.45, 2.75) is 32.1 Å². The molecular formula is C8H13O. The zero-order valence-electron chi connectivity index (χ0n) is 5.73. The molecule has 1 nitrogen and oxygen atoms in total. The third-order valence-electron chi connectivity index (χ3n) is 1.93. The fourth-order valence-corrected chi connectivity index (χ4v) is 1.23. The van der Waals surface area contributed by atoms with E-state index >= 15 is 0 Å². The molecule has 0 spiro atoms. The third kappa shape index (κ3) is 1.81. The summed E-state index contributed by atoms with van der Waals surface area (Å²) in [5.74, 6) is 0.472. The molecule has 1 radical (unpaired) electrons. The zero-order chi connectivity index (χ0) is 6.69. The molecule has 1 aliphatic carbocycles. The van der Waals surface area contributed by atoms with Crippen LogP contribution in [0.4, 0.5) is 0 Å². The highest BCUT2D eigenvalue weighted by molar-refractivity contribution is 5.81. The molecule has 1 unspecified atom stereocenters. The van der Waals surface area contributed by atoms with Crippen molar-refractivity contribution in [3.8, 4) is 0 Å². The second-order valence-corrected chi connectivity index (χ2v) is 2.76. The summed E-state index contributed by atoms with van der Waals surface area (Å²) in [6, 6.07) is 0. The number of carbonyl (C=O) groups excluding carboxylic acids is 1. The van der Waals surface area contributed by atoms with E-state index in [1.54, 1.807) is 0 Å². The molecule has 0 bridgehead atoms. The van der Waals surface area contributed by atoms with Gasteiger partial charge in [-0.1, -0.05) is 12.8 Å². The van der Waals surface area contributed by atoms with Gasteiger partial charge in [0.2, 0.25) is 0 Å². The molecule has 1 aliphatic rings. The first-order valence-corrected chi connectivity index (χ1v) is 3.66. The normalized spacial score (nSPS) is 29.9. The highest BCUT2D eigenvalue weighted by Crippen LogP contribution is 2.18. The van der Waals surface area contributed by atoms with E-state index in [2.05, 4.69) is 6.92 Å². The van der Waals surface area contributed by atoms with Crippen LogP contribution in [-0.2, 0) is 4.79 Å². The van der Waals surface area contributed by atoms with Crippen molar-refractivity contribution in [1.82, 2.24) is 0 Å². The van der Waals surface area contributed by atoms with Gasteiger partial charge in [0.25, 0.3) is 0 Å². The van der Waals surface area contributed by atoms with E-state index < -0.39 is 0 Å². The molecule has 0 amide bonds. The monoisotopic (exact) mass is 125 g/mol. The molecule has 0 aromatic carbocycles. The van der Waals surface area contributed by atoms with Crippen LogP contribution in [0.5, 0.6) is 0 Å². The van der Waals surface area contributed by atoms with Crippen LogP contribution < -0.4 is 0 Å². The molecule has 9 heavy (non-hydrogen) atoms. The minimum atomic E-state index is 0.104. The fraction of sp³-hybridized carbons (Fsp3) is 0.750. The summed E-state index contributed by atoms with van der Waals surface area (Å²) >= 11 is 0. The lowest BCUT2D eigenvalue weighted by molar-refractivity contribution is -0.121. The van der Waals surface area contributed by atoms with Crippen molar-refractivity contribution in [3.63, 3.8) is 0 Å². The minimum Gasteiger partial charge on any atom is -0.299 e. The summed E-state index contributed by atoms with van der Waals surface area (Å²) in [6.45, 7) is 3.79. The Kier molecular flexibility index (Phi) is 2.26. The van der Waals surface area contributed by atoms with Gasteiger partial charge in [0.15, 0.2) is 0 Å². The summed E-state index contributed by atoms with van der Waals surface area (Å²) in [5, 5.41) is 0. The van der Waals surface area contributed by atoms with Gasteiger partial charge < -0.3 is 0 Å². The Morgan fingerprint density at radius 3 is 2.89 bits per heavy atom. The van der Waals surface area contributed by atoms with Crippen LogP contribution in [0.2, 0.25) is 0 Å². The van der Waals surface area contributed by atoms with Crippen LogP contribution in [0.25, 0.3) is 0 Å². The predicted octanol–water partition coefficient (Wildman–Crippen LogP) is 1.97. The van der Waals surface area contributed by atoms with Crippen molar-refractivity contribution in [2.24, 2.45) is 5.92 Å². The first-order chi connectivity index (χ1) is 4.30. The molecule has 0 N–H and O–H groups in total. The summed E-state index contributed by atoms with van der Waals surface area (Å²) in [4.78, 5) is 11.0. The number of ketones is 1. The minimum absolute atomic E-state index is 0.104. The zero-order valence-corrected chi connectivity index (χ0v) is 5.73. The molecule has 1 fully saturated rings. The maximum absolute atomic E-state index is 11.0. The predicted molar refractivity (Wildman–Crippen MR) is 36.9 cm³/mol. The molecule has 1 saturated carbocycles. The topological polar surface area (TPSA) is 17.1 Å². The molecule has 1 atom stereocenters. The number of carbonyl (C=O) groups is 1. The largest absolute Gasteiger partial charge is 0.299 e. The van der Waals surface area contributed by atoms with Crippen molar-refractivity contribution in [2.75, 3.05) is 0 Å². The van der Waals surface area contributed by atoms with Crippen LogP contribution >= 0.6 is 0 Å². The van der Waals surface area contributed by atoms with Gasteiger partial charge in [-0.25, -0.2) is 0 Å². The summed E-state index contributed by atoms with van der Waals surface area (Å²) < 4.78 is 0. The molecule has 0 aliphatic heterocycles. The van der Waals surface area contributed by atoms with E-state index in [0.717, 1.165) is 19.3 Å². The molecule has 0 heterocycles. The molecule has 0 aromatic heterocycles. The lowest BCUT2D eigenvalue weighted by Gasteiger charge is -2.01. The molecule has 0 saturated heterocycles. The van der Waals surface area contributed by atoms with Crippen molar-refractivity contribution in [3.05, 3.63) is 6.92 Å².